The lowest BCUT2D eigenvalue weighted by Gasteiger charge is -2.37. The molecule has 10 heteroatoms. The average Bonchev–Trinajstić information content (AvgIpc) is 3.00. The first-order valence-corrected chi connectivity index (χ1v) is 14.8. The van der Waals surface area contributed by atoms with E-state index in [1.165, 1.54) is 29.2 Å². The van der Waals surface area contributed by atoms with Crippen LogP contribution in [0.5, 0.6) is 0 Å². The zero-order chi connectivity index (χ0) is 30.9. The van der Waals surface area contributed by atoms with E-state index in [1.54, 1.807) is 18.2 Å². The summed E-state index contributed by atoms with van der Waals surface area (Å²) in [6, 6.07) is 16.2. The van der Waals surface area contributed by atoms with Gasteiger partial charge in [-0.15, -0.1) is 0 Å². The molecule has 0 fully saturated rings. The van der Waals surface area contributed by atoms with Gasteiger partial charge in [-0.2, -0.15) is 0 Å². The summed E-state index contributed by atoms with van der Waals surface area (Å²) in [5.74, 6) is -1.93. The lowest BCUT2D eigenvalue weighted by atomic mass is 9.92. The third-order valence-corrected chi connectivity index (χ3v) is 8.03. The largest absolute Gasteiger partial charge is 0.342 e. The van der Waals surface area contributed by atoms with Crippen LogP contribution in [-0.2, 0) is 27.3 Å². The highest BCUT2D eigenvalue weighted by Gasteiger charge is 2.36. The number of fused-ring (bicyclic) bond motifs is 1. The van der Waals surface area contributed by atoms with Crippen LogP contribution in [0.2, 0.25) is 5.02 Å². The van der Waals surface area contributed by atoms with E-state index in [1.807, 2.05) is 31.2 Å². The molecule has 8 nitrogen and oxygen atoms in total. The molecule has 2 atom stereocenters. The number of carbonyl (C=O) groups is 4. The molecule has 0 saturated carbocycles. The molecule has 226 valence electrons. The number of nitrogens with zero attached hydrogens (tertiary/aromatic N) is 1. The number of benzene rings is 3. The molecule has 1 aliphatic heterocycles. The number of Topliss-reactive ketones (excluding diaryl/α,β-unsaturated/α-hetero) is 1. The first-order chi connectivity index (χ1) is 20.7. The Labute approximate surface area is 255 Å². The Hall–Kier alpha value is -4.08. The lowest BCUT2D eigenvalue weighted by Crippen LogP contribution is -2.56. The molecule has 43 heavy (non-hydrogen) atoms. The molecule has 3 aromatic carbocycles. The van der Waals surface area contributed by atoms with Crippen molar-refractivity contribution in [3.63, 3.8) is 0 Å². The van der Waals surface area contributed by atoms with Crippen LogP contribution in [0.3, 0.4) is 0 Å². The highest BCUT2D eigenvalue weighted by atomic mass is 35.5. The second-order valence-electron chi connectivity index (χ2n) is 10.7. The molecule has 0 spiro atoms. The predicted octanol–water partition coefficient (Wildman–Crippen LogP) is 4.96. The minimum absolute atomic E-state index is 0.0818. The van der Waals surface area contributed by atoms with Gasteiger partial charge in [0.15, 0.2) is 5.78 Å². The van der Waals surface area contributed by atoms with E-state index in [9.17, 15) is 23.6 Å². The summed E-state index contributed by atoms with van der Waals surface area (Å²) in [5, 5.41) is 6.33. The van der Waals surface area contributed by atoms with Gasteiger partial charge in [0.1, 0.15) is 17.9 Å². The highest BCUT2D eigenvalue weighted by Crippen LogP contribution is 2.25. The number of ketones is 1. The van der Waals surface area contributed by atoms with Crippen LogP contribution in [0.15, 0.2) is 66.7 Å². The fourth-order valence-corrected chi connectivity index (χ4v) is 5.26. The number of anilines is 1. The van der Waals surface area contributed by atoms with Gasteiger partial charge in [0.25, 0.3) is 0 Å². The number of aryl methyl sites for hydroxylation is 1. The molecule has 1 heterocycles. The van der Waals surface area contributed by atoms with Crippen molar-refractivity contribution in [1.82, 2.24) is 10.2 Å². The Morgan fingerprint density at radius 2 is 1.72 bits per heavy atom. The Kier molecular flexibility index (Phi) is 11.0. The molecule has 0 bridgehead atoms. The molecular formula is C33H36ClFN4O4. The lowest BCUT2D eigenvalue weighted by molar-refractivity contribution is -0.142. The summed E-state index contributed by atoms with van der Waals surface area (Å²) < 4.78 is 13.3. The zero-order valence-corrected chi connectivity index (χ0v) is 24.8. The van der Waals surface area contributed by atoms with E-state index in [4.69, 9.17) is 17.3 Å². The van der Waals surface area contributed by atoms with Crippen molar-refractivity contribution >= 4 is 40.8 Å². The van der Waals surface area contributed by atoms with E-state index < -0.39 is 23.8 Å². The molecular weight excluding hydrogens is 571 g/mol. The highest BCUT2D eigenvalue weighted by molar-refractivity contribution is 6.31. The Bertz CT molecular complexity index is 1480. The number of halogens is 2. The van der Waals surface area contributed by atoms with Gasteiger partial charge in [-0.1, -0.05) is 35.9 Å². The summed E-state index contributed by atoms with van der Waals surface area (Å²) >= 11 is 6.12. The van der Waals surface area contributed by atoms with Gasteiger partial charge in [-0.25, -0.2) is 4.39 Å². The second-order valence-corrected chi connectivity index (χ2v) is 11.1. The van der Waals surface area contributed by atoms with Crippen LogP contribution in [0.25, 0.3) is 0 Å². The Balaban J connectivity index is 1.50. The molecule has 4 N–H and O–H groups in total. The van der Waals surface area contributed by atoms with Gasteiger partial charge >= 0.3 is 0 Å². The minimum Gasteiger partial charge on any atom is -0.342 e. The molecule has 0 radical (unpaired) electrons. The summed E-state index contributed by atoms with van der Waals surface area (Å²) in [7, 11) is 0. The normalized spacial score (nSPS) is 14.9. The fourth-order valence-electron chi connectivity index (χ4n) is 5.14. The average molecular weight is 607 g/mol. The number of amides is 3. The third kappa shape index (κ3) is 8.49. The minimum atomic E-state index is -0.870. The number of nitrogens with two attached hydrogens (primary N) is 1. The standard InChI is InChI=1S/C33H36ClFN4O4/c1-21-18-26(13-14-27(21)34)37-32(42)28(8-4-5-17-36)38-33(43)29-19-23-6-2-3-7-24(23)20-39(29)31(41)16-15-30(40)22-9-11-25(35)12-10-22/h2-3,6-7,9-14,18,28-29H,4-5,8,15-17,19-20,36H2,1H3,(H,37,42)(H,38,43). The molecule has 1 aliphatic rings. The van der Waals surface area contributed by atoms with E-state index >= 15 is 0 Å². The quantitative estimate of drug-likeness (QED) is 0.199. The van der Waals surface area contributed by atoms with Crippen molar-refractivity contribution < 1.29 is 23.6 Å². The molecule has 0 aromatic heterocycles. The molecule has 3 amide bonds. The van der Waals surface area contributed by atoms with Crippen molar-refractivity contribution in [3.8, 4) is 0 Å². The number of rotatable bonds is 12. The van der Waals surface area contributed by atoms with Gasteiger partial charge in [-0.3, -0.25) is 19.2 Å². The first kappa shape index (κ1) is 31.8. The van der Waals surface area contributed by atoms with Gasteiger partial charge in [0.05, 0.1) is 0 Å². The Morgan fingerprint density at radius 3 is 2.42 bits per heavy atom. The topological polar surface area (TPSA) is 122 Å². The van der Waals surface area contributed by atoms with Crippen molar-refractivity contribution in [3.05, 3.63) is 99.8 Å². The molecule has 0 aliphatic carbocycles. The van der Waals surface area contributed by atoms with Crippen LogP contribution in [-0.4, -0.2) is 47.0 Å². The van der Waals surface area contributed by atoms with E-state index in [2.05, 4.69) is 10.6 Å². The van der Waals surface area contributed by atoms with E-state index in [0.717, 1.165) is 16.7 Å². The van der Waals surface area contributed by atoms with Crippen LogP contribution < -0.4 is 16.4 Å². The van der Waals surface area contributed by atoms with Crippen molar-refractivity contribution in [2.24, 2.45) is 5.73 Å². The second kappa shape index (κ2) is 14.9. The fraction of sp³-hybridized carbons (Fsp3) is 0.333. The number of carbonyl (C=O) groups excluding carboxylic acids is 4. The van der Waals surface area contributed by atoms with Crippen molar-refractivity contribution in [1.29, 1.82) is 0 Å². The third-order valence-electron chi connectivity index (χ3n) is 7.61. The van der Waals surface area contributed by atoms with E-state index in [-0.39, 0.29) is 43.4 Å². The zero-order valence-electron chi connectivity index (χ0n) is 24.1. The molecule has 3 aromatic rings. The summed E-state index contributed by atoms with van der Waals surface area (Å²) in [6.45, 7) is 2.49. The van der Waals surface area contributed by atoms with Gasteiger partial charge in [0.2, 0.25) is 17.7 Å². The molecule has 2 unspecified atom stereocenters. The SMILES string of the molecule is Cc1cc(NC(=O)C(CCCCN)NC(=O)C2Cc3ccccc3CN2C(=O)CCC(=O)c2ccc(F)cc2)ccc1Cl. The summed E-state index contributed by atoms with van der Waals surface area (Å²) in [4.78, 5) is 54.7. The maximum Gasteiger partial charge on any atom is 0.246 e. The van der Waals surface area contributed by atoms with Gasteiger partial charge in [-0.05, 0) is 91.9 Å². The molecule has 4 rings (SSSR count). The number of nitrogens with one attached hydrogen (secondary N) is 2. The maximum atomic E-state index is 13.8. The maximum absolute atomic E-state index is 13.8. The summed E-state index contributed by atoms with van der Waals surface area (Å²) in [6.07, 6.45) is 1.75. The number of hydrogen-bond donors (Lipinski definition) is 3. The monoisotopic (exact) mass is 606 g/mol. The number of unbranched alkanes of at least 4 members (excludes halogenated alkanes) is 1. The smallest absolute Gasteiger partial charge is 0.246 e. The van der Waals surface area contributed by atoms with Crippen molar-refractivity contribution in [2.75, 3.05) is 11.9 Å². The van der Waals surface area contributed by atoms with Crippen LogP contribution in [0, 0.1) is 12.7 Å². The predicted molar refractivity (Wildman–Crippen MR) is 164 cm³/mol. The van der Waals surface area contributed by atoms with E-state index in [0.29, 0.717) is 42.1 Å². The Morgan fingerprint density at radius 1 is 1.00 bits per heavy atom. The number of hydrogen-bond acceptors (Lipinski definition) is 5. The first-order valence-electron chi connectivity index (χ1n) is 14.4. The van der Waals surface area contributed by atoms with Crippen LogP contribution in [0.1, 0.15) is 59.2 Å². The van der Waals surface area contributed by atoms with Crippen LogP contribution >= 0.6 is 11.6 Å². The van der Waals surface area contributed by atoms with Gasteiger partial charge in [0, 0.05) is 42.1 Å². The van der Waals surface area contributed by atoms with Gasteiger partial charge < -0.3 is 21.3 Å². The summed E-state index contributed by atoms with van der Waals surface area (Å²) in [5.41, 5.74) is 9.20. The van der Waals surface area contributed by atoms with Crippen molar-refractivity contribution in [2.45, 2.75) is 64.1 Å². The molecule has 0 saturated heterocycles. The van der Waals surface area contributed by atoms with Crippen LogP contribution in [0.4, 0.5) is 10.1 Å².